The van der Waals surface area contributed by atoms with E-state index in [1.807, 2.05) is 0 Å². The number of carbonyl (C=O) groups excluding carboxylic acids is 1. The molecule has 174 valence electrons. The molecule has 1 aliphatic heterocycles. The van der Waals surface area contributed by atoms with Gasteiger partial charge in [0.25, 0.3) is 5.91 Å². The topological polar surface area (TPSA) is 84.9 Å². The number of hydrogen-bond acceptors (Lipinski definition) is 5. The Morgan fingerprint density at radius 2 is 1.81 bits per heavy atom. The number of hydrogen-bond donors (Lipinski definition) is 1. The van der Waals surface area contributed by atoms with Crippen LogP contribution in [0.1, 0.15) is 55.5 Å². The van der Waals surface area contributed by atoms with Crippen molar-refractivity contribution in [2.45, 2.75) is 46.1 Å². The fraction of sp³-hybridized carbons (Fsp3) is 0.458. The van der Waals surface area contributed by atoms with Gasteiger partial charge in [-0.3, -0.25) is 9.10 Å². The second-order valence-electron chi connectivity index (χ2n) is 8.13. The number of benzene rings is 2. The molecule has 1 heterocycles. The molecule has 8 heteroatoms. The van der Waals surface area contributed by atoms with Crippen molar-refractivity contribution < 1.29 is 22.7 Å². The van der Waals surface area contributed by atoms with Crippen molar-refractivity contribution in [2.24, 2.45) is 5.92 Å². The molecule has 1 atom stereocenters. The summed E-state index contributed by atoms with van der Waals surface area (Å²) in [5, 5.41) is 3.02. The normalized spacial score (nSPS) is 13.6. The molecule has 2 aromatic carbocycles. The summed E-state index contributed by atoms with van der Waals surface area (Å²) in [6.07, 6.45) is 5.65. The lowest BCUT2D eigenvalue weighted by Gasteiger charge is -2.23. The number of carbonyl (C=O) groups is 1. The van der Waals surface area contributed by atoms with Crippen LogP contribution in [-0.2, 0) is 16.6 Å². The molecule has 0 saturated carbocycles. The molecule has 1 aliphatic rings. The first-order valence-electron chi connectivity index (χ1n) is 11.1. The van der Waals surface area contributed by atoms with Gasteiger partial charge in [-0.1, -0.05) is 45.2 Å². The van der Waals surface area contributed by atoms with Gasteiger partial charge in [-0.15, -0.1) is 0 Å². The summed E-state index contributed by atoms with van der Waals surface area (Å²) in [5.74, 6) is 1.50. The third-order valence-corrected chi connectivity index (χ3v) is 6.82. The monoisotopic (exact) mass is 460 g/mol. The average molecular weight is 461 g/mol. The number of rotatable bonds is 11. The lowest BCUT2D eigenvalue weighted by Crippen LogP contribution is -2.30. The van der Waals surface area contributed by atoms with Crippen LogP contribution >= 0.6 is 0 Å². The molecule has 2 aromatic rings. The summed E-state index contributed by atoms with van der Waals surface area (Å²) in [6.45, 7) is 5.26. The Balaban J connectivity index is 1.67. The summed E-state index contributed by atoms with van der Waals surface area (Å²) < 4.78 is 36.9. The van der Waals surface area contributed by atoms with Crippen molar-refractivity contribution >= 4 is 21.6 Å². The molecule has 0 saturated heterocycles. The largest absolute Gasteiger partial charge is 0.454 e. The van der Waals surface area contributed by atoms with Crippen molar-refractivity contribution in [1.29, 1.82) is 0 Å². The molecule has 0 aromatic heterocycles. The maximum atomic E-state index is 12.5. The molecule has 0 aliphatic carbocycles. The molecule has 3 rings (SSSR count). The van der Waals surface area contributed by atoms with Gasteiger partial charge >= 0.3 is 0 Å². The molecule has 32 heavy (non-hydrogen) atoms. The van der Waals surface area contributed by atoms with Gasteiger partial charge in [0.05, 0.1) is 18.5 Å². The van der Waals surface area contributed by atoms with Crippen molar-refractivity contribution in [2.75, 3.05) is 23.9 Å². The molecule has 0 fully saturated rings. The first kappa shape index (κ1) is 23.9. The van der Waals surface area contributed by atoms with E-state index < -0.39 is 10.0 Å². The Morgan fingerprint density at radius 3 is 2.47 bits per heavy atom. The van der Waals surface area contributed by atoms with Gasteiger partial charge in [-0.2, -0.15) is 0 Å². The lowest BCUT2D eigenvalue weighted by molar-refractivity contribution is 0.0945. The van der Waals surface area contributed by atoms with E-state index in [4.69, 9.17) is 9.47 Å². The van der Waals surface area contributed by atoms with Crippen LogP contribution in [0.3, 0.4) is 0 Å². The molecular formula is C24H32N2O5S. The van der Waals surface area contributed by atoms with Gasteiger partial charge in [0.15, 0.2) is 11.5 Å². The second-order valence-corrected chi connectivity index (χ2v) is 10.0. The molecule has 1 amide bonds. The van der Waals surface area contributed by atoms with Crippen LogP contribution in [0.25, 0.3) is 0 Å². The Morgan fingerprint density at radius 1 is 1.09 bits per heavy atom. The minimum atomic E-state index is -3.53. The van der Waals surface area contributed by atoms with E-state index in [0.717, 1.165) is 24.8 Å². The smallest absolute Gasteiger partial charge is 0.251 e. The van der Waals surface area contributed by atoms with Crippen LogP contribution < -0.4 is 19.1 Å². The van der Waals surface area contributed by atoms with Crippen molar-refractivity contribution in [3.63, 3.8) is 0 Å². The number of nitrogens with zero attached hydrogens (tertiary/aromatic N) is 1. The van der Waals surface area contributed by atoms with Gasteiger partial charge in [-0.05, 0) is 42.2 Å². The van der Waals surface area contributed by atoms with Crippen molar-refractivity contribution in [3.8, 4) is 11.5 Å². The summed E-state index contributed by atoms with van der Waals surface area (Å²) in [4.78, 5) is 12.5. The van der Waals surface area contributed by atoms with E-state index in [2.05, 4.69) is 19.2 Å². The lowest BCUT2D eigenvalue weighted by atomic mass is 9.99. The van der Waals surface area contributed by atoms with Gasteiger partial charge in [0.1, 0.15) is 0 Å². The molecular weight excluding hydrogens is 428 g/mol. The number of unbranched alkanes of at least 4 members (excludes halogenated alkanes) is 1. The van der Waals surface area contributed by atoms with Crippen LogP contribution in [0, 0.1) is 5.92 Å². The Hall–Kier alpha value is -2.74. The predicted octanol–water partition coefficient (Wildman–Crippen LogP) is 4.33. The number of amides is 1. The maximum absolute atomic E-state index is 12.5. The highest BCUT2D eigenvalue weighted by molar-refractivity contribution is 7.92. The Kier molecular flexibility index (Phi) is 8.01. The standard InChI is InChI=1S/C24H32N2O5S/c1-4-6-7-18(5-2)15-25-24(27)20-10-8-19(9-11-20)16-26(32(3,28)29)21-12-13-22-23(14-21)31-17-30-22/h8-14,18H,4-7,15-17H2,1-3H3,(H,25,27)/t18-/m1/s1. The average Bonchev–Trinajstić information content (AvgIpc) is 3.25. The number of anilines is 1. The number of sulfonamides is 1. The second kappa shape index (κ2) is 10.7. The van der Waals surface area contributed by atoms with Crippen LogP contribution in [0.5, 0.6) is 11.5 Å². The summed E-state index contributed by atoms with van der Waals surface area (Å²) in [5.41, 5.74) is 1.84. The SMILES string of the molecule is CCCC[C@@H](CC)CNC(=O)c1ccc(CN(c2ccc3c(c2)OCO3)S(C)(=O)=O)cc1. The summed E-state index contributed by atoms with van der Waals surface area (Å²) >= 11 is 0. The highest BCUT2D eigenvalue weighted by atomic mass is 32.2. The molecule has 0 spiro atoms. The van der Waals surface area contributed by atoms with Gasteiger partial charge in [0.2, 0.25) is 16.8 Å². The number of ether oxygens (including phenoxy) is 2. The van der Waals surface area contributed by atoms with E-state index in [0.29, 0.717) is 35.2 Å². The minimum Gasteiger partial charge on any atom is -0.454 e. The van der Waals surface area contributed by atoms with Crippen molar-refractivity contribution in [3.05, 3.63) is 53.6 Å². The van der Waals surface area contributed by atoms with Gasteiger partial charge < -0.3 is 14.8 Å². The highest BCUT2D eigenvalue weighted by Crippen LogP contribution is 2.36. The third kappa shape index (κ3) is 6.16. The summed E-state index contributed by atoms with van der Waals surface area (Å²) in [7, 11) is -3.53. The number of nitrogens with one attached hydrogen (secondary N) is 1. The van der Waals surface area contributed by atoms with E-state index in [-0.39, 0.29) is 19.2 Å². The van der Waals surface area contributed by atoms with Crippen LogP contribution in [0.2, 0.25) is 0 Å². The fourth-order valence-electron chi connectivity index (χ4n) is 3.65. The first-order chi connectivity index (χ1) is 15.3. The molecule has 0 bridgehead atoms. The van der Waals surface area contributed by atoms with E-state index >= 15 is 0 Å². The maximum Gasteiger partial charge on any atom is 0.251 e. The zero-order chi connectivity index (χ0) is 23.1. The van der Waals surface area contributed by atoms with E-state index in [1.165, 1.54) is 17.0 Å². The third-order valence-electron chi connectivity index (χ3n) is 5.68. The van der Waals surface area contributed by atoms with Crippen LogP contribution in [0.4, 0.5) is 5.69 Å². The predicted molar refractivity (Wildman–Crippen MR) is 126 cm³/mol. The fourth-order valence-corrected chi connectivity index (χ4v) is 4.53. The molecule has 0 radical (unpaired) electrons. The Bertz CT molecular complexity index is 1020. The highest BCUT2D eigenvalue weighted by Gasteiger charge is 2.22. The zero-order valence-electron chi connectivity index (χ0n) is 19.0. The quantitative estimate of drug-likeness (QED) is 0.540. The van der Waals surface area contributed by atoms with Gasteiger partial charge in [0, 0.05) is 18.2 Å². The first-order valence-corrected chi connectivity index (χ1v) is 12.9. The molecule has 0 unspecified atom stereocenters. The molecule has 7 nitrogen and oxygen atoms in total. The Labute approximate surface area is 190 Å². The number of fused-ring (bicyclic) bond motifs is 1. The van der Waals surface area contributed by atoms with Gasteiger partial charge in [-0.25, -0.2) is 8.42 Å². The van der Waals surface area contributed by atoms with E-state index in [9.17, 15) is 13.2 Å². The van der Waals surface area contributed by atoms with E-state index in [1.54, 1.807) is 42.5 Å². The van der Waals surface area contributed by atoms with Crippen LogP contribution in [0.15, 0.2) is 42.5 Å². The van der Waals surface area contributed by atoms with Crippen LogP contribution in [-0.4, -0.2) is 33.9 Å². The zero-order valence-corrected chi connectivity index (χ0v) is 19.8. The van der Waals surface area contributed by atoms with Crippen molar-refractivity contribution in [1.82, 2.24) is 5.32 Å². The summed E-state index contributed by atoms with van der Waals surface area (Å²) in [6, 6.07) is 12.1. The molecule has 1 N–H and O–H groups in total. The minimum absolute atomic E-state index is 0.109.